The average molecular weight is 345 g/mol. The minimum Gasteiger partial charge on any atom is -0.322 e. The quantitative estimate of drug-likeness (QED) is 0.435. The van der Waals surface area contributed by atoms with Gasteiger partial charge < -0.3 is 5.32 Å². The van der Waals surface area contributed by atoms with E-state index < -0.39 is 10.8 Å². The minimum absolute atomic E-state index is 0.0340. The number of thiazole rings is 1. The molecule has 0 aliphatic heterocycles. The molecule has 3 aromatic rings. The zero-order valence-electron chi connectivity index (χ0n) is 12.0. The summed E-state index contributed by atoms with van der Waals surface area (Å²) in [5.74, 6) is -0.508. The van der Waals surface area contributed by atoms with Crippen LogP contribution in [0.25, 0.3) is 10.2 Å². The van der Waals surface area contributed by atoms with Gasteiger partial charge in [-0.15, -0.1) is 11.3 Å². The van der Waals surface area contributed by atoms with Gasteiger partial charge in [0.05, 0.1) is 15.1 Å². The lowest BCUT2D eigenvalue weighted by Crippen LogP contribution is -2.13. The second-order valence-corrected chi connectivity index (χ2v) is 6.68. The molecule has 2 aromatic carbocycles. The van der Waals surface area contributed by atoms with Crippen LogP contribution in [0.2, 0.25) is 0 Å². The fraction of sp³-hybridized carbons (Fsp3) is 0.0667. The number of fused-ring (bicyclic) bond motifs is 1. The summed E-state index contributed by atoms with van der Waals surface area (Å²) in [6.07, 6.45) is 1.95. The molecule has 0 aliphatic carbocycles. The van der Waals surface area contributed by atoms with Gasteiger partial charge in [0.1, 0.15) is 5.56 Å². The Labute approximate surface area is 139 Å². The zero-order chi connectivity index (χ0) is 16.4. The van der Waals surface area contributed by atoms with Crippen LogP contribution in [0, 0.1) is 10.1 Å². The Kier molecular flexibility index (Phi) is 4.26. The number of carbonyl (C=O) groups excluding carboxylic acids is 1. The fourth-order valence-corrected chi connectivity index (χ4v) is 3.62. The lowest BCUT2D eigenvalue weighted by Gasteiger charge is -2.05. The number of hydrogen-bond donors (Lipinski definition) is 1. The molecule has 1 aromatic heterocycles. The van der Waals surface area contributed by atoms with E-state index in [2.05, 4.69) is 10.3 Å². The van der Waals surface area contributed by atoms with Gasteiger partial charge in [0.25, 0.3) is 11.6 Å². The van der Waals surface area contributed by atoms with E-state index in [0.717, 1.165) is 14.6 Å². The Hall–Kier alpha value is -2.45. The van der Waals surface area contributed by atoms with E-state index in [-0.39, 0.29) is 11.3 Å². The van der Waals surface area contributed by atoms with Crippen molar-refractivity contribution in [1.29, 1.82) is 0 Å². The van der Waals surface area contributed by atoms with E-state index in [1.807, 2.05) is 18.4 Å². The van der Waals surface area contributed by atoms with Crippen molar-refractivity contribution in [3.63, 3.8) is 0 Å². The van der Waals surface area contributed by atoms with Crippen LogP contribution in [0.15, 0.2) is 46.8 Å². The predicted octanol–water partition coefficient (Wildman–Crippen LogP) is 4.18. The first-order valence-electron chi connectivity index (χ1n) is 6.58. The molecule has 1 N–H and O–H groups in total. The molecule has 0 radical (unpaired) electrons. The smallest absolute Gasteiger partial charge is 0.282 e. The van der Waals surface area contributed by atoms with Gasteiger partial charge in [0.2, 0.25) is 0 Å². The highest BCUT2D eigenvalue weighted by atomic mass is 32.2. The lowest BCUT2D eigenvalue weighted by molar-refractivity contribution is -0.385. The van der Waals surface area contributed by atoms with Gasteiger partial charge in [-0.05, 0) is 30.5 Å². The normalized spacial score (nSPS) is 10.7. The summed E-state index contributed by atoms with van der Waals surface area (Å²) in [7, 11) is 0. The molecule has 0 saturated heterocycles. The predicted molar refractivity (Wildman–Crippen MR) is 92.5 cm³/mol. The number of para-hydroxylation sites is 1. The monoisotopic (exact) mass is 345 g/mol. The third-order valence-corrected chi connectivity index (χ3v) is 5.15. The van der Waals surface area contributed by atoms with Gasteiger partial charge in [-0.25, -0.2) is 4.98 Å². The molecule has 1 heterocycles. The summed E-state index contributed by atoms with van der Waals surface area (Å²) in [5.41, 5.74) is 1.26. The van der Waals surface area contributed by atoms with Crippen molar-refractivity contribution in [2.24, 2.45) is 0 Å². The van der Waals surface area contributed by atoms with Crippen LogP contribution in [0.4, 0.5) is 11.4 Å². The van der Waals surface area contributed by atoms with Crippen molar-refractivity contribution in [1.82, 2.24) is 4.98 Å². The first-order chi connectivity index (χ1) is 11.1. The second kappa shape index (κ2) is 6.35. The maximum Gasteiger partial charge on any atom is 0.282 e. The number of nitro benzene ring substituents is 1. The Morgan fingerprint density at radius 3 is 2.83 bits per heavy atom. The molecule has 0 spiro atoms. The maximum atomic E-state index is 12.3. The molecule has 6 nitrogen and oxygen atoms in total. The number of carbonyl (C=O) groups is 1. The molecule has 3 rings (SSSR count). The van der Waals surface area contributed by atoms with E-state index >= 15 is 0 Å². The summed E-state index contributed by atoms with van der Waals surface area (Å²) in [5, 5.41) is 13.7. The van der Waals surface area contributed by atoms with E-state index in [4.69, 9.17) is 0 Å². The van der Waals surface area contributed by atoms with Crippen molar-refractivity contribution in [3.05, 3.63) is 58.1 Å². The van der Waals surface area contributed by atoms with Crippen LogP contribution in [0.3, 0.4) is 0 Å². The number of nitrogens with one attached hydrogen (secondary N) is 1. The third kappa shape index (κ3) is 3.17. The van der Waals surface area contributed by atoms with Crippen molar-refractivity contribution in [3.8, 4) is 0 Å². The van der Waals surface area contributed by atoms with Crippen LogP contribution in [-0.4, -0.2) is 22.1 Å². The number of amides is 1. The maximum absolute atomic E-state index is 12.3. The van der Waals surface area contributed by atoms with Gasteiger partial charge in [-0.3, -0.25) is 14.9 Å². The number of aromatic nitrogens is 1. The Morgan fingerprint density at radius 2 is 2.09 bits per heavy atom. The minimum atomic E-state index is -0.563. The molecule has 8 heteroatoms. The number of benzene rings is 2. The van der Waals surface area contributed by atoms with Crippen LogP contribution in [0.1, 0.15) is 10.4 Å². The van der Waals surface area contributed by atoms with Crippen LogP contribution < -0.4 is 5.32 Å². The van der Waals surface area contributed by atoms with E-state index in [0.29, 0.717) is 5.69 Å². The topological polar surface area (TPSA) is 85.1 Å². The molecular formula is C15H11N3O3S2. The van der Waals surface area contributed by atoms with E-state index in [1.165, 1.54) is 29.5 Å². The largest absolute Gasteiger partial charge is 0.322 e. The zero-order valence-corrected chi connectivity index (χ0v) is 13.6. The number of nitrogens with zero attached hydrogens (tertiary/aromatic N) is 2. The van der Waals surface area contributed by atoms with Crippen molar-refractivity contribution < 1.29 is 9.72 Å². The first kappa shape index (κ1) is 15.4. The highest BCUT2D eigenvalue weighted by molar-refractivity contribution is 8.00. The summed E-state index contributed by atoms with van der Waals surface area (Å²) < 4.78 is 1.90. The number of nitro groups is 1. The number of thioether (sulfide) groups is 1. The number of hydrogen-bond acceptors (Lipinski definition) is 6. The van der Waals surface area contributed by atoms with Gasteiger partial charge in [0.15, 0.2) is 4.34 Å². The molecule has 0 aliphatic rings. The SMILES string of the molecule is CSc1nc2ccc(NC(=O)c3ccccc3[N+](=O)[O-])cc2s1. The highest BCUT2D eigenvalue weighted by Gasteiger charge is 2.19. The van der Waals surface area contributed by atoms with E-state index in [1.54, 1.807) is 23.9 Å². The molecule has 23 heavy (non-hydrogen) atoms. The summed E-state index contributed by atoms with van der Waals surface area (Å²) >= 11 is 3.10. The number of rotatable bonds is 4. The second-order valence-electron chi connectivity index (χ2n) is 4.59. The molecule has 0 fully saturated rings. The molecule has 0 bridgehead atoms. The molecule has 0 saturated carbocycles. The molecule has 116 valence electrons. The summed E-state index contributed by atoms with van der Waals surface area (Å²) in [6.45, 7) is 0. The van der Waals surface area contributed by atoms with Gasteiger partial charge in [-0.1, -0.05) is 23.9 Å². The lowest BCUT2D eigenvalue weighted by atomic mass is 10.1. The van der Waals surface area contributed by atoms with Gasteiger partial charge in [0, 0.05) is 11.8 Å². The van der Waals surface area contributed by atoms with Crippen LogP contribution in [-0.2, 0) is 0 Å². The standard InChI is InChI=1S/C15H11N3O3S2/c1-22-15-17-11-7-6-9(8-13(11)23-15)16-14(19)10-4-2-3-5-12(10)18(20)21/h2-8H,1H3,(H,16,19). The Morgan fingerprint density at radius 1 is 1.30 bits per heavy atom. The van der Waals surface area contributed by atoms with Crippen molar-refractivity contribution in [2.75, 3.05) is 11.6 Å². The third-order valence-electron chi connectivity index (χ3n) is 3.15. The Balaban J connectivity index is 1.89. The van der Waals surface area contributed by atoms with Crippen LogP contribution >= 0.6 is 23.1 Å². The molecular weight excluding hydrogens is 334 g/mol. The Bertz CT molecular complexity index is 908. The average Bonchev–Trinajstić information content (AvgIpc) is 2.97. The van der Waals surface area contributed by atoms with Crippen LogP contribution in [0.5, 0.6) is 0 Å². The van der Waals surface area contributed by atoms with Gasteiger partial charge in [-0.2, -0.15) is 0 Å². The summed E-state index contributed by atoms with van der Waals surface area (Å²) in [6, 6.07) is 11.2. The highest BCUT2D eigenvalue weighted by Crippen LogP contribution is 2.30. The van der Waals surface area contributed by atoms with E-state index in [9.17, 15) is 14.9 Å². The molecule has 0 atom stereocenters. The fourth-order valence-electron chi connectivity index (χ4n) is 2.09. The van der Waals surface area contributed by atoms with Crippen molar-refractivity contribution in [2.45, 2.75) is 4.34 Å². The molecule has 1 amide bonds. The first-order valence-corrected chi connectivity index (χ1v) is 8.62. The van der Waals surface area contributed by atoms with Gasteiger partial charge >= 0.3 is 0 Å². The number of anilines is 1. The van der Waals surface area contributed by atoms with Crippen molar-refractivity contribution >= 4 is 50.6 Å². The molecule has 0 unspecified atom stereocenters. The summed E-state index contributed by atoms with van der Waals surface area (Å²) in [4.78, 5) is 27.2.